The Morgan fingerprint density at radius 2 is 1.62 bits per heavy atom. The molecule has 26 heavy (non-hydrogen) atoms. The molecular weight excluding hydrogens is 386 g/mol. The van der Waals surface area contributed by atoms with Gasteiger partial charge in [-0.2, -0.15) is 0 Å². The molecule has 0 aliphatic rings. The van der Waals surface area contributed by atoms with Crippen molar-refractivity contribution in [2.24, 2.45) is 0 Å². The highest BCUT2D eigenvalue weighted by molar-refractivity contribution is 9.10. The highest BCUT2D eigenvalue weighted by Gasteiger charge is 2.17. The van der Waals surface area contributed by atoms with Gasteiger partial charge in [-0.25, -0.2) is 0 Å². The van der Waals surface area contributed by atoms with E-state index < -0.39 is 0 Å². The van der Waals surface area contributed by atoms with Gasteiger partial charge in [0.05, 0.1) is 6.04 Å². The van der Waals surface area contributed by atoms with Crippen LogP contribution in [0.25, 0.3) is 0 Å². The van der Waals surface area contributed by atoms with E-state index in [0.717, 1.165) is 26.9 Å². The summed E-state index contributed by atoms with van der Waals surface area (Å²) < 4.78 is 1.03. The number of rotatable bonds is 6. The van der Waals surface area contributed by atoms with Crippen molar-refractivity contribution in [2.45, 2.75) is 26.3 Å². The quantitative estimate of drug-likeness (QED) is 0.472. The molecule has 0 heterocycles. The minimum absolute atomic E-state index is 0.0845. The molecule has 0 aliphatic heterocycles. The first kappa shape index (κ1) is 18.4. The summed E-state index contributed by atoms with van der Waals surface area (Å²) in [6, 6.07) is 24.1. The van der Waals surface area contributed by atoms with Crippen LogP contribution in [0.5, 0.6) is 0 Å². The van der Waals surface area contributed by atoms with Crippen LogP contribution in [0.15, 0.2) is 77.3 Å². The normalized spacial score (nSPS) is 11.8. The number of aryl methyl sites for hydroxylation is 2. The average molecular weight is 408 g/mol. The van der Waals surface area contributed by atoms with Crippen molar-refractivity contribution in [3.05, 3.63) is 99.5 Å². The Hall–Kier alpha value is -2.39. The monoisotopic (exact) mass is 407 g/mol. The second kappa shape index (κ2) is 8.33. The first-order valence-corrected chi connectivity index (χ1v) is 9.49. The van der Waals surface area contributed by atoms with E-state index in [1.807, 2.05) is 55.5 Å². The molecule has 0 aromatic heterocycles. The number of Topliss-reactive ketones (excluding diaryl/α,β-unsaturated/α-hetero) is 1. The number of anilines is 1. The lowest BCUT2D eigenvalue weighted by molar-refractivity contribution is 0.0976. The molecule has 0 aliphatic carbocycles. The molecule has 0 saturated carbocycles. The van der Waals surface area contributed by atoms with Crippen molar-refractivity contribution in [1.82, 2.24) is 0 Å². The topological polar surface area (TPSA) is 29.1 Å². The largest absolute Gasteiger partial charge is 0.378 e. The molecule has 0 fully saturated rings. The van der Waals surface area contributed by atoms with Crippen molar-refractivity contribution in [2.75, 3.05) is 5.32 Å². The first-order valence-electron chi connectivity index (χ1n) is 8.70. The van der Waals surface area contributed by atoms with Gasteiger partial charge in [-0.3, -0.25) is 4.79 Å². The van der Waals surface area contributed by atoms with E-state index in [-0.39, 0.29) is 11.8 Å². The van der Waals surface area contributed by atoms with E-state index in [1.54, 1.807) is 0 Å². The Morgan fingerprint density at radius 1 is 0.923 bits per heavy atom. The molecule has 3 rings (SSSR count). The molecule has 3 aromatic rings. The van der Waals surface area contributed by atoms with Crippen LogP contribution in [-0.2, 0) is 0 Å². The van der Waals surface area contributed by atoms with Crippen LogP contribution in [0.1, 0.15) is 39.5 Å². The van der Waals surface area contributed by atoms with E-state index in [9.17, 15) is 4.79 Å². The maximum absolute atomic E-state index is 12.8. The van der Waals surface area contributed by atoms with Crippen molar-refractivity contribution in [1.29, 1.82) is 0 Å². The third-order valence-corrected chi connectivity index (χ3v) is 4.92. The van der Waals surface area contributed by atoms with E-state index in [4.69, 9.17) is 0 Å². The van der Waals surface area contributed by atoms with Gasteiger partial charge in [-0.15, -0.1) is 0 Å². The van der Waals surface area contributed by atoms with Crippen molar-refractivity contribution in [3.63, 3.8) is 0 Å². The van der Waals surface area contributed by atoms with Crippen LogP contribution in [-0.4, -0.2) is 5.78 Å². The van der Waals surface area contributed by atoms with Crippen molar-refractivity contribution >= 4 is 27.4 Å². The zero-order valence-electron chi connectivity index (χ0n) is 15.0. The molecule has 3 heteroatoms. The van der Waals surface area contributed by atoms with Crippen molar-refractivity contribution < 1.29 is 4.79 Å². The van der Waals surface area contributed by atoms with Gasteiger partial charge in [0.25, 0.3) is 0 Å². The lowest BCUT2D eigenvalue weighted by Crippen LogP contribution is -2.16. The lowest BCUT2D eigenvalue weighted by atomic mass is 9.97. The summed E-state index contributed by atoms with van der Waals surface area (Å²) in [5, 5.41) is 3.53. The third kappa shape index (κ3) is 4.83. The fourth-order valence-electron chi connectivity index (χ4n) is 2.93. The number of ketones is 1. The summed E-state index contributed by atoms with van der Waals surface area (Å²) in [5.41, 5.74) is 5.21. The average Bonchev–Trinajstić information content (AvgIpc) is 2.62. The minimum atomic E-state index is -0.0845. The Bertz CT molecular complexity index is 885. The molecule has 1 N–H and O–H groups in total. The molecule has 0 saturated heterocycles. The van der Waals surface area contributed by atoms with Gasteiger partial charge in [-0.05, 0) is 49.2 Å². The maximum atomic E-state index is 12.8. The molecule has 1 atom stereocenters. The molecule has 1 unspecified atom stereocenters. The van der Waals surface area contributed by atoms with Crippen LogP contribution >= 0.6 is 15.9 Å². The van der Waals surface area contributed by atoms with E-state index in [1.165, 1.54) is 5.56 Å². The van der Waals surface area contributed by atoms with Gasteiger partial charge >= 0.3 is 0 Å². The van der Waals surface area contributed by atoms with E-state index in [2.05, 4.69) is 52.4 Å². The SMILES string of the molecule is Cc1ccc(C(=O)CC(Nc2cccc(C)c2)c2ccc(Br)cc2)cc1. The van der Waals surface area contributed by atoms with Crippen LogP contribution < -0.4 is 5.32 Å². The number of nitrogens with one attached hydrogen (secondary N) is 1. The van der Waals surface area contributed by atoms with Gasteiger partial charge in [-0.1, -0.05) is 70.0 Å². The smallest absolute Gasteiger partial charge is 0.165 e. The van der Waals surface area contributed by atoms with E-state index >= 15 is 0 Å². The van der Waals surface area contributed by atoms with Crippen LogP contribution in [0, 0.1) is 13.8 Å². The maximum Gasteiger partial charge on any atom is 0.165 e. The predicted octanol–water partition coefficient (Wildman–Crippen LogP) is 6.49. The summed E-state index contributed by atoms with van der Waals surface area (Å²) in [6.45, 7) is 4.09. The summed E-state index contributed by atoms with van der Waals surface area (Å²) in [6.07, 6.45) is 0.401. The first-order chi connectivity index (χ1) is 12.5. The molecule has 132 valence electrons. The summed E-state index contributed by atoms with van der Waals surface area (Å²) >= 11 is 3.48. The highest BCUT2D eigenvalue weighted by Crippen LogP contribution is 2.26. The summed E-state index contributed by atoms with van der Waals surface area (Å²) in [4.78, 5) is 12.8. The van der Waals surface area contributed by atoms with Gasteiger partial charge in [0.1, 0.15) is 0 Å². The lowest BCUT2D eigenvalue weighted by Gasteiger charge is -2.20. The number of benzene rings is 3. The Balaban J connectivity index is 1.85. The number of carbonyl (C=O) groups is 1. The van der Waals surface area contributed by atoms with Gasteiger partial charge in [0.2, 0.25) is 0 Å². The molecule has 0 spiro atoms. The molecule has 2 nitrogen and oxygen atoms in total. The third-order valence-electron chi connectivity index (χ3n) is 4.39. The summed E-state index contributed by atoms with van der Waals surface area (Å²) in [7, 11) is 0. The molecule has 3 aromatic carbocycles. The minimum Gasteiger partial charge on any atom is -0.378 e. The van der Waals surface area contributed by atoms with E-state index in [0.29, 0.717) is 6.42 Å². The fourth-order valence-corrected chi connectivity index (χ4v) is 3.19. The Morgan fingerprint density at radius 3 is 2.27 bits per heavy atom. The molecule has 0 radical (unpaired) electrons. The van der Waals surface area contributed by atoms with Crippen molar-refractivity contribution in [3.8, 4) is 0 Å². The van der Waals surface area contributed by atoms with Crippen LogP contribution in [0.3, 0.4) is 0 Å². The Labute approximate surface area is 163 Å². The predicted molar refractivity (Wildman–Crippen MR) is 112 cm³/mol. The number of hydrogen-bond acceptors (Lipinski definition) is 2. The zero-order valence-corrected chi connectivity index (χ0v) is 16.6. The molecule has 0 amide bonds. The second-order valence-corrected chi connectivity index (χ2v) is 7.53. The van der Waals surface area contributed by atoms with Gasteiger partial charge < -0.3 is 5.32 Å². The zero-order chi connectivity index (χ0) is 18.5. The summed E-state index contributed by atoms with van der Waals surface area (Å²) in [5.74, 6) is 0.137. The fraction of sp³-hybridized carbons (Fsp3) is 0.174. The number of hydrogen-bond donors (Lipinski definition) is 1. The van der Waals surface area contributed by atoms with Gasteiger partial charge in [0, 0.05) is 22.1 Å². The Kier molecular flexibility index (Phi) is 5.89. The second-order valence-electron chi connectivity index (χ2n) is 6.61. The van der Waals surface area contributed by atoms with Gasteiger partial charge in [0.15, 0.2) is 5.78 Å². The standard InChI is InChI=1S/C23H22BrNO/c1-16-6-8-19(9-7-16)23(26)15-22(18-10-12-20(24)13-11-18)25-21-5-3-4-17(2)14-21/h3-14,22,25H,15H2,1-2H3. The molecule has 0 bridgehead atoms. The number of carbonyl (C=O) groups excluding carboxylic acids is 1. The molecular formula is C23H22BrNO. The number of halogens is 1. The van der Waals surface area contributed by atoms with Crippen LogP contribution in [0.4, 0.5) is 5.69 Å². The van der Waals surface area contributed by atoms with Crippen LogP contribution in [0.2, 0.25) is 0 Å². The highest BCUT2D eigenvalue weighted by atomic mass is 79.9.